The van der Waals surface area contributed by atoms with Crippen molar-refractivity contribution in [2.45, 2.75) is 64.2 Å². The first-order chi connectivity index (χ1) is 16.1. The van der Waals surface area contributed by atoms with Gasteiger partial charge in [-0.25, -0.2) is 8.78 Å². The van der Waals surface area contributed by atoms with E-state index in [9.17, 15) is 4.39 Å². The lowest BCUT2D eigenvalue weighted by Gasteiger charge is -2.42. The molecule has 0 aromatic heterocycles. The lowest BCUT2D eigenvalue weighted by atomic mass is 9.63. The fourth-order valence-electron chi connectivity index (χ4n) is 5.95. The van der Waals surface area contributed by atoms with E-state index in [1.807, 2.05) is 37.3 Å². The molecule has 2 fully saturated rings. The Morgan fingerprint density at radius 1 is 0.939 bits per heavy atom. The first-order valence-corrected chi connectivity index (χ1v) is 12.5. The minimum Gasteiger partial charge on any atom is -0.486 e. The molecule has 0 radical (unpaired) electrons. The van der Waals surface area contributed by atoms with Gasteiger partial charge in [-0.05, 0) is 110 Å². The Labute approximate surface area is 197 Å². The summed E-state index contributed by atoms with van der Waals surface area (Å²) in [5.41, 5.74) is 2.20. The zero-order chi connectivity index (χ0) is 23.2. The highest BCUT2D eigenvalue weighted by molar-refractivity contribution is 5.65. The molecule has 0 spiro atoms. The molecule has 176 valence electrons. The number of allylic oxidation sites excluding steroid dienone is 2. The fourth-order valence-corrected chi connectivity index (χ4v) is 5.95. The van der Waals surface area contributed by atoms with Gasteiger partial charge in [0.25, 0.3) is 0 Å². The van der Waals surface area contributed by atoms with E-state index in [-0.39, 0.29) is 11.6 Å². The molecule has 0 aliphatic heterocycles. The average Bonchev–Trinajstić information content (AvgIpc) is 2.83. The normalized spacial score (nSPS) is 25.1. The second kappa shape index (κ2) is 11.1. The van der Waals surface area contributed by atoms with E-state index in [0.29, 0.717) is 23.7 Å². The van der Waals surface area contributed by atoms with E-state index in [4.69, 9.17) is 4.74 Å². The Morgan fingerprint density at radius 3 is 2.39 bits per heavy atom. The van der Waals surface area contributed by atoms with Crippen LogP contribution in [0.15, 0.2) is 61.2 Å². The summed E-state index contributed by atoms with van der Waals surface area (Å²) in [5, 5.41) is 0. The van der Waals surface area contributed by atoms with E-state index >= 15 is 4.39 Å². The lowest BCUT2D eigenvalue weighted by Crippen LogP contribution is -2.30. The number of rotatable bonds is 8. The van der Waals surface area contributed by atoms with Crippen molar-refractivity contribution in [1.29, 1.82) is 0 Å². The molecule has 2 saturated carbocycles. The first-order valence-electron chi connectivity index (χ1n) is 12.5. The monoisotopic (exact) mass is 450 g/mol. The van der Waals surface area contributed by atoms with Crippen LogP contribution in [0.1, 0.15) is 69.8 Å². The molecule has 0 heterocycles. The van der Waals surface area contributed by atoms with Crippen LogP contribution in [0.3, 0.4) is 0 Å². The van der Waals surface area contributed by atoms with Crippen molar-refractivity contribution >= 4 is 0 Å². The second-order valence-electron chi connectivity index (χ2n) is 9.84. The van der Waals surface area contributed by atoms with E-state index in [2.05, 4.69) is 6.58 Å². The number of hydrogen-bond acceptors (Lipinski definition) is 1. The van der Waals surface area contributed by atoms with Crippen LogP contribution in [0.2, 0.25) is 0 Å². The SMILES string of the molecule is C=CCCC1CCC2CC(c3ccc(-c4ccc(OC/C=C/C)c(F)c4)cc3F)CCC2C1. The molecule has 2 aliphatic carbocycles. The summed E-state index contributed by atoms with van der Waals surface area (Å²) in [4.78, 5) is 0. The number of fused-ring (bicyclic) bond motifs is 1. The van der Waals surface area contributed by atoms with Gasteiger partial charge < -0.3 is 4.74 Å². The van der Waals surface area contributed by atoms with Crippen LogP contribution in [-0.2, 0) is 0 Å². The third-order valence-corrected chi connectivity index (χ3v) is 7.78. The van der Waals surface area contributed by atoms with Crippen molar-refractivity contribution in [3.8, 4) is 16.9 Å². The van der Waals surface area contributed by atoms with Gasteiger partial charge >= 0.3 is 0 Å². The van der Waals surface area contributed by atoms with Crippen LogP contribution in [0.25, 0.3) is 11.1 Å². The van der Waals surface area contributed by atoms with Crippen molar-refractivity contribution in [2.75, 3.05) is 6.61 Å². The Morgan fingerprint density at radius 2 is 1.67 bits per heavy atom. The first kappa shape index (κ1) is 23.7. The standard InChI is InChI=1S/C30H36F2O/c1-3-5-7-21-8-9-23-18-26(11-10-22(23)17-21)27-14-12-24(19-28(27)31)25-13-15-30(29(32)20-25)33-16-6-4-2/h3-4,6,12-15,19-23,26H,1,5,7-11,16-18H2,2H3/b6-4+. The van der Waals surface area contributed by atoms with Gasteiger partial charge in [0.1, 0.15) is 12.4 Å². The van der Waals surface area contributed by atoms with E-state index < -0.39 is 5.82 Å². The van der Waals surface area contributed by atoms with Crippen molar-refractivity contribution in [2.24, 2.45) is 17.8 Å². The van der Waals surface area contributed by atoms with Crippen LogP contribution >= 0.6 is 0 Å². The summed E-state index contributed by atoms with van der Waals surface area (Å²) in [6.07, 6.45) is 15.4. The molecule has 2 aromatic rings. The van der Waals surface area contributed by atoms with Crippen molar-refractivity contribution in [3.05, 3.63) is 78.4 Å². The van der Waals surface area contributed by atoms with Crippen molar-refractivity contribution < 1.29 is 13.5 Å². The Balaban J connectivity index is 1.41. The molecule has 4 rings (SSSR count). The molecule has 2 aliphatic rings. The molecule has 4 atom stereocenters. The van der Waals surface area contributed by atoms with E-state index in [1.54, 1.807) is 18.2 Å². The van der Waals surface area contributed by atoms with Gasteiger partial charge in [0, 0.05) is 0 Å². The molecule has 3 heteroatoms. The van der Waals surface area contributed by atoms with Gasteiger partial charge in [-0.2, -0.15) is 0 Å². The zero-order valence-corrected chi connectivity index (χ0v) is 19.7. The van der Waals surface area contributed by atoms with Gasteiger partial charge in [0.2, 0.25) is 0 Å². The molecule has 33 heavy (non-hydrogen) atoms. The van der Waals surface area contributed by atoms with E-state index in [0.717, 1.165) is 42.6 Å². The summed E-state index contributed by atoms with van der Waals surface area (Å²) >= 11 is 0. The Kier molecular flexibility index (Phi) is 8.01. The predicted molar refractivity (Wildman–Crippen MR) is 132 cm³/mol. The summed E-state index contributed by atoms with van der Waals surface area (Å²) in [7, 11) is 0. The van der Waals surface area contributed by atoms with Gasteiger partial charge in [-0.3, -0.25) is 0 Å². The Bertz CT molecular complexity index is 979. The summed E-state index contributed by atoms with van der Waals surface area (Å²) in [6, 6.07) is 10.3. The van der Waals surface area contributed by atoms with Crippen LogP contribution in [0.5, 0.6) is 5.75 Å². The van der Waals surface area contributed by atoms with Crippen LogP contribution < -0.4 is 4.74 Å². The molecule has 2 aromatic carbocycles. The lowest BCUT2D eigenvalue weighted by molar-refractivity contribution is 0.114. The minimum atomic E-state index is -0.427. The van der Waals surface area contributed by atoms with Crippen LogP contribution in [-0.4, -0.2) is 6.61 Å². The fraction of sp³-hybridized carbons (Fsp3) is 0.467. The van der Waals surface area contributed by atoms with Gasteiger partial charge in [-0.15, -0.1) is 6.58 Å². The maximum Gasteiger partial charge on any atom is 0.165 e. The highest BCUT2D eigenvalue weighted by Crippen LogP contribution is 2.48. The smallest absolute Gasteiger partial charge is 0.165 e. The minimum absolute atomic E-state index is 0.163. The Hall–Kier alpha value is -2.42. The van der Waals surface area contributed by atoms with Gasteiger partial charge in [0.05, 0.1) is 0 Å². The van der Waals surface area contributed by atoms with Crippen LogP contribution in [0.4, 0.5) is 8.78 Å². The van der Waals surface area contributed by atoms with E-state index in [1.165, 1.54) is 38.2 Å². The highest BCUT2D eigenvalue weighted by atomic mass is 19.1. The predicted octanol–water partition coefficient (Wildman–Crippen LogP) is 8.85. The molecule has 0 bridgehead atoms. The third kappa shape index (κ3) is 5.75. The summed E-state index contributed by atoms with van der Waals surface area (Å²) in [5.74, 6) is 2.30. The van der Waals surface area contributed by atoms with Gasteiger partial charge in [-0.1, -0.05) is 42.8 Å². The number of benzene rings is 2. The second-order valence-corrected chi connectivity index (χ2v) is 9.84. The maximum atomic E-state index is 15.2. The maximum absolute atomic E-state index is 15.2. The topological polar surface area (TPSA) is 9.23 Å². The average molecular weight is 451 g/mol. The molecule has 4 unspecified atom stereocenters. The summed E-state index contributed by atoms with van der Waals surface area (Å²) in [6.45, 7) is 6.08. The number of halogens is 2. The van der Waals surface area contributed by atoms with Crippen molar-refractivity contribution in [1.82, 2.24) is 0 Å². The molecular weight excluding hydrogens is 414 g/mol. The van der Waals surface area contributed by atoms with Crippen LogP contribution in [0, 0.1) is 29.4 Å². The quantitative estimate of drug-likeness (QED) is 0.365. The molecule has 0 N–H and O–H groups in total. The van der Waals surface area contributed by atoms with Gasteiger partial charge in [0.15, 0.2) is 11.6 Å². The molecule has 0 amide bonds. The zero-order valence-electron chi connectivity index (χ0n) is 19.7. The largest absolute Gasteiger partial charge is 0.486 e. The summed E-state index contributed by atoms with van der Waals surface area (Å²) < 4.78 is 35.1. The molecular formula is C30H36F2O. The number of ether oxygens (including phenoxy) is 1. The highest BCUT2D eigenvalue weighted by Gasteiger charge is 2.36. The molecule has 1 nitrogen and oxygen atoms in total. The third-order valence-electron chi connectivity index (χ3n) is 7.78. The molecule has 0 saturated heterocycles. The van der Waals surface area contributed by atoms with Crippen molar-refractivity contribution in [3.63, 3.8) is 0 Å². The number of hydrogen-bond donors (Lipinski definition) is 0.